The Labute approximate surface area is 175 Å². The zero-order valence-corrected chi connectivity index (χ0v) is 17.5. The first kappa shape index (κ1) is 19.9. The van der Waals surface area contributed by atoms with Crippen LogP contribution >= 0.6 is 11.6 Å². The molecule has 6 nitrogen and oxygen atoms in total. The Morgan fingerprint density at radius 1 is 1.17 bits per heavy atom. The zero-order chi connectivity index (χ0) is 20.4. The van der Waals surface area contributed by atoms with Gasteiger partial charge in [0.15, 0.2) is 9.84 Å². The summed E-state index contributed by atoms with van der Waals surface area (Å²) in [6, 6.07) is 14.8. The standard InChI is InChI=1S/C21H23ClN4O2S/c22-16-6-3-7-17-21(16)18(24-10-4-9-23)13-20(25-17)26-11-12-29(27,28)19-8-2-1-5-15(19)14-26/h1-3,5-8,13H,4,9-12,14,23H2,(H,24,25). The smallest absolute Gasteiger partial charge is 0.180 e. The van der Waals surface area contributed by atoms with Crippen molar-refractivity contribution in [3.8, 4) is 0 Å². The van der Waals surface area contributed by atoms with Crippen molar-refractivity contribution >= 4 is 43.8 Å². The minimum atomic E-state index is -3.32. The van der Waals surface area contributed by atoms with Crippen molar-refractivity contribution in [2.24, 2.45) is 5.73 Å². The van der Waals surface area contributed by atoms with E-state index in [1.807, 2.05) is 41.3 Å². The molecule has 0 saturated carbocycles. The first-order chi connectivity index (χ1) is 14.0. The van der Waals surface area contributed by atoms with E-state index >= 15 is 0 Å². The van der Waals surface area contributed by atoms with Gasteiger partial charge < -0.3 is 16.0 Å². The number of hydrogen-bond acceptors (Lipinski definition) is 6. The lowest BCUT2D eigenvalue weighted by Gasteiger charge is -2.23. The van der Waals surface area contributed by atoms with Gasteiger partial charge in [-0.25, -0.2) is 13.4 Å². The highest BCUT2D eigenvalue weighted by atomic mass is 35.5. The second kappa shape index (κ2) is 8.18. The van der Waals surface area contributed by atoms with Gasteiger partial charge in [0.1, 0.15) is 5.82 Å². The molecule has 0 aliphatic carbocycles. The highest BCUT2D eigenvalue weighted by Crippen LogP contribution is 2.34. The van der Waals surface area contributed by atoms with Crippen molar-refractivity contribution in [1.29, 1.82) is 0 Å². The van der Waals surface area contributed by atoms with Crippen LogP contribution in [0.3, 0.4) is 0 Å². The van der Waals surface area contributed by atoms with E-state index in [9.17, 15) is 8.42 Å². The molecule has 29 heavy (non-hydrogen) atoms. The molecule has 0 spiro atoms. The number of anilines is 2. The summed E-state index contributed by atoms with van der Waals surface area (Å²) in [7, 11) is -3.32. The molecule has 4 rings (SSSR count). The van der Waals surface area contributed by atoms with Crippen LogP contribution in [-0.2, 0) is 16.4 Å². The summed E-state index contributed by atoms with van der Waals surface area (Å²) < 4.78 is 25.4. The van der Waals surface area contributed by atoms with Crippen LogP contribution in [0.2, 0.25) is 5.02 Å². The Hall–Kier alpha value is -2.35. The van der Waals surface area contributed by atoms with E-state index < -0.39 is 9.84 Å². The highest BCUT2D eigenvalue weighted by molar-refractivity contribution is 7.91. The number of fused-ring (bicyclic) bond motifs is 2. The number of halogens is 1. The normalized spacial score (nSPS) is 15.7. The quantitative estimate of drug-likeness (QED) is 0.603. The van der Waals surface area contributed by atoms with Crippen LogP contribution in [0.5, 0.6) is 0 Å². The van der Waals surface area contributed by atoms with Gasteiger partial charge in [0, 0.05) is 36.8 Å². The number of nitrogens with two attached hydrogens (primary N) is 1. The van der Waals surface area contributed by atoms with Gasteiger partial charge in [-0.05, 0) is 36.7 Å². The first-order valence-corrected chi connectivity index (χ1v) is 11.6. The molecule has 2 aromatic carbocycles. The fraction of sp³-hybridized carbons (Fsp3) is 0.286. The van der Waals surface area contributed by atoms with Crippen molar-refractivity contribution in [1.82, 2.24) is 4.98 Å². The first-order valence-electron chi connectivity index (χ1n) is 9.58. The average molecular weight is 431 g/mol. The number of rotatable bonds is 5. The molecule has 0 radical (unpaired) electrons. The summed E-state index contributed by atoms with van der Waals surface area (Å²) >= 11 is 6.45. The minimum absolute atomic E-state index is 0.0508. The highest BCUT2D eigenvalue weighted by Gasteiger charge is 2.26. The summed E-state index contributed by atoms with van der Waals surface area (Å²) in [4.78, 5) is 7.21. The van der Waals surface area contributed by atoms with Crippen molar-refractivity contribution in [2.75, 3.05) is 35.6 Å². The van der Waals surface area contributed by atoms with Crippen LogP contribution in [0.1, 0.15) is 12.0 Å². The van der Waals surface area contributed by atoms with Crippen LogP contribution in [0.25, 0.3) is 10.9 Å². The molecule has 0 atom stereocenters. The number of pyridine rings is 1. The van der Waals surface area contributed by atoms with E-state index in [2.05, 4.69) is 5.32 Å². The Balaban J connectivity index is 1.78. The van der Waals surface area contributed by atoms with Gasteiger partial charge in [0.2, 0.25) is 0 Å². The molecule has 1 aliphatic rings. The third-order valence-electron chi connectivity index (χ3n) is 5.09. The number of nitrogens with zero attached hydrogens (tertiary/aromatic N) is 2. The van der Waals surface area contributed by atoms with Gasteiger partial charge in [-0.1, -0.05) is 35.9 Å². The van der Waals surface area contributed by atoms with Gasteiger partial charge in [-0.15, -0.1) is 0 Å². The maximum atomic E-state index is 12.7. The summed E-state index contributed by atoms with van der Waals surface area (Å²) in [6.07, 6.45) is 0.832. The molecular weight excluding hydrogens is 408 g/mol. The summed E-state index contributed by atoms with van der Waals surface area (Å²) in [5.74, 6) is 0.775. The van der Waals surface area contributed by atoms with E-state index in [0.717, 1.165) is 40.9 Å². The molecule has 0 fully saturated rings. The molecule has 0 amide bonds. The Morgan fingerprint density at radius 3 is 2.83 bits per heavy atom. The fourth-order valence-electron chi connectivity index (χ4n) is 3.61. The molecule has 3 aromatic rings. The summed E-state index contributed by atoms with van der Waals surface area (Å²) in [5.41, 5.74) is 8.06. The van der Waals surface area contributed by atoms with Gasteiger partial charge in [0.25, 0.3) is 0 Å². The molecule has 1 aliphatic heterocycles. The number of aromatic nitrogens is 1. The van der Waals surface area contributed by atoms with Gasteiger partial charge in [0.05, 0.1) is 21.2 Å². The molecule has 2 heterocycles. The van der Waals surface area contributed by atoms with Crippen LogP contribution < -0.4 is 16.0 Å². The number of nitrogens with one attached hydrogen (secondary N) is 1. The monoisotopic (exact) mass is 430 g/mol. The third kappa shape index (κ3) is 4.03. The Morgan fingerprint density at radius 2 is 2.00 bits per heavy atom. The summed E-state index contributed by atoms with van der Waals surface area (Å²) in [6.45, 7) is 2.17. The van der Waals surface area contributed by atoms with E-state index in [0.29, 0.717) is 29.6 Å². The predicted octanol–water partition coefficient (Wildman–Crippen LogP) is 3.44. The molecule has 0 saturated heterocycles. The fourth-order valence-corrected chi connectivity index (χ4v) is 5.38. The Bertz CT molecular complexity index is 1150. The molecule has 8 heteroatoms. The predicted molar refractivity (Wildman–Crippen MR) is 118 cm³/mol. The number of benzene rings is 2. The maximum absolute atomic E-state index is 12.7. The van der Waals surface area contributed by atoms with E-state index in [-0.39, 0.29) is 5.75 Å². The van der Waals surface area contributed by atoms with Crippen LogP contribution in [0.15, 0.2) is 53.4 Å². The molecule has 152 valence electrons. The van der Waals surface area contributed by atoms with Crippen LogP contribution in [0, 0.1) is 0 Å². The molecule has 1 aromatic heterocycles. The summed E-state index contributed by atoms with van der Waals surface area (Å²) in [5, 5.41) is 4.90. The van der Waals surface area contributed by atoms with Crippen LogP contribution in [0.4, 0.5) is 11.5 Å². The van der Waals surface area contributed by atoms with Crippen molar-refractivity contribution in [3.63, 3.8) is 0 Å². The SMILES string of the molecule is NCCCNc1cc(N2CCS(=O)(=O)c3ccccc3C2)nc2cccc(Cl)c12. The lowest BCUT2D eigenvalue weighted by molar-refractivity contribution is 0.596. The number of sulfone groups is 1. The molecule has 3 N–H and O–H groups in total. The van der Waals surface area contributed by atoms with E-state index in [4.69, 9.17) is 22.3 Å². The van der Waals surface area contributed by atoms with Crippen molar-refractivity contribution in [3.05, 3.63) is 59.1 Å². The third-order valence-corrected chi connectivity index (χ3v) is 7.19. The topological polar surface area (TPSA) is 88.3 Å². The van der Waals surface area contributed by atoms with E-state index in [1.165, 1.54) is 0 Å². The molecule has 0 unspecified atom stereocenters. The lowest BCUT2D eigenvalue weighted by atomic mass is 10.1. The second-order valence-electron chi connectivity index (χ2n) is 7.08. The van der Waals surface area contributed by atoms with Crippen LogP contribution in [-0.4, -0.2) is 38.8 Å². The second-order valence-corrected chi connectivity index (χ2v) is 9.56. The van der Waals surface area contributed by atoms with Gasteiger partial charge in [-0.3, -0.25) is 0 Å². The average Bonchev–Trinajstić information content (AvgIpc) is 2.84. The molecular formula is C21H23ClN4O2S. The maximum Gasteiger partial charge on any atom is 0.180 e. The largest absolute Gasteiger partial charge is 0.384 e. The van der Waals surface area contributed by atoms with Gasteiger partial charge in [-0.2, -0.15) is 0 Å². The van der Waals surface area contributed by atoms with Crippen molar-refractivity contribution < 1.29 is 8.42 Å². The van der Waals surface area contributed by atoms with Crippen molar-refractivity contribution in [2.45, 2.75) is 17.9 Å². The zero-order valence-electron chi connectivity index (χ0n) is 15.9. The lowest BCUT2D eigenvalue weighted by Crippen LogP contribution is -2.26. The molecule has 0 bridgehead atoms. The Kier molecular flexibility index (Phi) is 5.63. The van der Waals surface area contributed by atoms with Gasteiger partial charge >= 0.3 is 0 Å². The number of hydrogen-bond donors (Lipinski definition) is 2. The minimum Gasteiger partial charge on any atom is -0.384 e. The van der Waals surface area contributed by atoms with E-state index in [1.54, 1.807) is 12.1 Å².